The van der Waals surface area contributed by atoms with Crippen LogP contribution >= 0.6 is 0 Å². The summed E-state index contributed by atoms with van der Waals surface area (Å²) in [4.78, 5) is 36.0. The number of amides is 2. The van der Waals surface area contributed by atoms with E-state index in [1.165, 1.54) is 0 Å². The minimum atomic E-state index is -0.185. The molecule has 30 heavy (non-hydrogen) atoms. The Labute approximate surface area is 174 Å². The maximum Gasteiger partial charge on any atom is 0.294 e. The van der Waals surface area contributed by atoms with Gasteiger partial charge in [0.2, 0.25) is 5.82 Å². The van der Waals surface area contributed by atoms with Crippen LogP contribution in [-0.2, 0) is 6.54 Å². The van der Waals surface area contributed by atoms with E-state index in [9.17, 15) is 9.59 Å². The number of rotatable bonds is 6. The Morgan fingerprint density at radius 1 is 1.10 bits per heavy atom. The smallest absolute Gasteiger partial charge is 0.294 e. The lowest BCUT2D eigenvalue weighted by Crippen LogP contribution is -2.33. The molecule has 1 aromatic carbocycles. The lowest BCUT2D eigenvalue weighted by molar-refractivity contribution is 0.0717. The molecule has 0 radical (unpaired) electrons. The second-order valence-electron chi connectivity index (χ2n) is 8.30. The molecule has 2 aliphatic carbocycles. The normalized spacial score (nSPS) is 15.9. The number of nitrogens with zero attached hydrogens (tertiary/aromatic N) is 5. The van der Waals surface area contributed by atoms with Gasteiger partial charge in [-0.05, 0) is 63.3 Å². The van der Waals surface area contributed by atoms with Crippen molar-refractivity contribution in [1.29, 1.82) is 0 Å². The molecule has 0 aliphatic heterocycles. The Balaban J connectivity index is 1.35. The SMILES string of the molecule is Cc1cc(C)n2nc(C(=O)N(Cc3ccc(C(=O)NC4CC4)cc3)C3CC3)nc2n1. The van der Waals surface area contributed by atoms with Gasteiger partial charge in [-0.15, -0.1) is 5.10 Å². The fourth-order valence-corrected chi connectivity index (χ4v) is 3.59. The maximum atomic E-state index is 13.2. The third kappa shape index (κ3) is 3.77. The Morgan fingerprint density at radius 3 is 2.50 bits per heavy atom. The van der Waals surface area contributed by atoms with E-state index in [-0.39, 0.29) is 23.7 Å². The van der Waals surface area contributed by atoms with Crippen LogP contribution in [-0.4, -0.2) is 48.4 Å². The molecule has 0 saturated heterocycles. The van der Waals surface area contributed by atoms with Gasteiger partial charge in [0.15, 0.2) is 0 Å². The number of nitrogens with one attached hydrogen (secondary N) is 1. The van der Waals surface area contributed by atoms with Gasteiger partial charge in [0.05, 0.1) is 0 Å². The van der Waals surface area contributed by atoms with Gasteiger partial charge in [0.1, 0.15) is 0 Å². The average Bonchev–Trinajstić information content (AvgIpc) is 3.65. The molecule has 1 N–H and O–H groups in total. The Hall–Kier alpha value is -3.29. The first-order valence-corrected chi connectivity index (χ1v) is 10.4. The molecule has 8 heteroatoms. The molecule has 3 aromatic rings. The van der Waals surface area contributed by atoms with Gasteiger partial charge in [-0.25, -0.2) is 9.50 Å². The standard InChI is InChI=1S/C22H24N6O2/c1-13-11-14(2)28-22(23-13)25-19(26-28)21(30)27(18-9-10-18)12-15-3-5-16(6-4-15)20(29)24-17-7-8-17/h3-6,11,17-18H,7-10,12H2,1-2H3,(H,24,29). The first kappa shape index (κ1) is 18.7. The number of carbonyl (C=O) groups is 2. The highest BCUT2D eigenvalue weighted by molar-refractivity contribution is 5.94. The van der Waals surface area contributed by atoms with E-state index in [2.05, 4.69) is 20.4 Å². The van der Waals surface area contributed by atoms with Crippen LogP contribution in [0, 0.1) is 13.8 Å². The van der Waals surface area contributed by atoms with Gasteiger partial charge in [-0.3, -0.25) is 9.59 Å². The summed E-state index contributed by atoms with van der Waals surface area (Å²) in [6.07, 6.45) is 4.09. The third-order valence-corrected chi connectivity index (χ3v) is 5.54. The van der Waals surface area contributed by atoms with Crippen LogP contribution < -0.4 is 5.32 Å². The highest BCUT2D eigenvalue weighted by atomic mass is 16.2. The molecule has 8 nitrogen and oxygen atoms in total. The minimum absolute atomic E-state index is 0.0359. The van der Waals surface area contributed by atoms with Crippen molar-refractivity contribution in [2.75, 3.05) is 0 Å². The number of hydrogen-bond acceptors (Lipinski definition) is 5. The number of hydrogen-bond donors (Lipinski definition) is 1. The number of aryl methyl sites for hydroxylation is 2. The van der Waals surface area contributed by atoms with Gasteiger partial charge in [-0.1, -0.05) is 12.1 Å². The highest BCUT2D eigenvalue weighted by Gasteiger charge is 2.35. The number of benzene rings is 1. The molecule has 154 valence electrons. The van der Waals surface area contributed by atoms with Crippen LogP contribution in [0.25, 0.3) is 5.78 Å². The van der Waals surface area contributed by atoms with Crippen LogP contribution in [0.4, 0.5) is 0 Å². The van der Waals surface area contributed by atoms with Crippen molar-refractivity contribution in [3.63, 3.8) is 0 Å². The maximum absolute atomic E-state index is 13.2. The summed E-state index contributed by atoms with van der Waals surface area (Å²) < 4.78 is 1.61. The van der Waals surface area contributed by atoms with Crippen LogP contribution in [0.1, 0.15) is 63.6 Å². The molecule has 0 atom stereocenters. The van der Waals surface area contributed by atoms with E-state index >= 15 is 0 Å². The van der Waals surface area contributed by atoms with Gasteiger partial charge >= 0.3 is 0 Å². The first-order chi connectivity index (χ1) is 14.5. The highest BCUT2D eigenvalue weighted by Crippen LogP contribution is 2.29. The summed E-state index contributed by atoms with van der Waals surface area (Å²) >= 11 is 0. The van der Waals surface area contributed by atoms with Crippen molar-refractivity contribution < 1.29 is 9.59 Å². The van der Waals surface area contributed by atoms with Crippen LogP contribution in [0.5, 0.6) is 0 Å². The predicted octanol–water partition coefficient (Wildman–Crippen LogP) is 2.44. The predicted molar refractivity (Wildman–Crippen MR) is 110 cm³/mol. The van der Waals surface area contributed by atoms with Crippen LogP contribution in [0.2, 0.25) is 0 Å². The van der Waals surface area contributed by atoms with Gasteiger partial charge in [0.25, 0.3) is 17.6 Å². The fraction of sp³-hybridized carbons (Fsp3) is 0.409. The Morgan fingerprint density at radius 2 is 1.83 bits per heavy atom. The molecule has 2 fully saturated rings. The average molecular weight is 404 g/mol. The van der Waals surface area contributed by atoms with Crippen molar-refractivity contribution in [3.8, 4) is 0 Å². The largest absolute Gasteiger partial charge is 0.349 e. The second kappa shape index (κ2) is 7.19. The monoisotopic (exact) mass is 404 g/mol. The van der Waals surface area contributed by atoms with Gasteiger partial charge < -0.3 is 10.2 Å². The third-order valence-electron chi connectivity index (χ3n) is 5.54. The minimum Gasteiger partial charge on any atom is -0.349 e. The van der Waals surface area contributed by atoms with E-state index < -0.39 is 0 Å². The lowest BCUT2D eigenvalue weighted by atomic mass is 10.1. The second-order valence-corrected chi connectivity index (χ2v) is 8.30. The summed E-state index contributed by atoms with van der Waals surface area (Å²) in [7, 11) is 0. The van der Waals surface area contributed by atoms with E-state index in [4.69, 9.17) is 0 Å². The summed E-state index contributed by atoms with van der Waals surface area (Å²) in [5.41, 5.74) is 3.36. The molecule has 2 aliphatic rings. The summed E-state index contributed by atoms with van der Waals surface area (Å²) in [5, 5.41) is 7.39. The van der Waals surface area contributed by atoms with Crippen molar-refractivity contribution in [3.05, 3.63) is 58.7 Å². The zero-order valence-electron chi connectivity index (χ0n) is 17.1. The number of carbonyl (C=O) groups excluding carboxylic acids is 2. The van der Waals surface area contributed by atoms with Gasteiger partial charge in [0, 0.05) is 35.6 Å². The molecular weight excluding hydrogens is 380 g/mol. The topological polar surface area (TPSA) is 92.5 Å². The molecule has 0 bridgehead atoms. The summed E-state index contributed by atoms with van der Waals surface area (Å²) in [5.74, 6) is 0.392. The first-order valence-electron chi connectivity index (χ1n) is 10.4. The van der Waals surface area contributed by atoms with E-state index in [0.717, 1.165) is 42.6 Å². The molecule has 2 aromatic heterocycles. The van der Waals surface area contributed by atoms with E-state index in [0.29, 0.717) is 23.9 Å². The Kier molecular flexibility index (Phi) is 4.49. The lowest BCUT2D eigenvalue weighted by Gasteiger charge is -2.21. The van der Waals surface area contributed by atoms with Crippen molar-refractivity contribution in [2.45, 2.75) is 58.2 Å². The zero-order chi connectivity index (χ0) is 20.8. The molecular formula is C22H24N6O2. The molecule has 2 heterocycles. The summed E-state index contributed by atoms with van der Waals surface area (Å²) in [6, 6.07) is 9.92. The van der Waals surface area contributed by atoms with E-state index in [1.807, 2.05) is 49.1 Å². The van der Waals surface area contributed by atoms with E-state index in [1.54, 1.807) is 4.52 Å². The van der Waals surface area contributed by atoms with Gasteiger partial charge in [-0.2, -0.15) is 4.98 Å². The number of fused-ring (bicyclic) bond motifs is 1. The van der Waals surface area contributed by atoms with Crippen molar-refractivity contribution >= 4 is 17.6 Å². The number of aromatic nitrogens is 4. The molecule has 0 unspecified atom stereocenters. The molecule has 2 saturated carbocycles. The summed E-state index contributed by atoms with van der Waals surface area (Å²) in [6.45, 7) is 4.29. The molecule has 0 spiro atoms. The van der Waals surface area contributed by atoms with Crippen molar-refractivity contribution in [2.24, 2.45) is 0 Å². The zero-order valence-corrected chi connectivity index (χ0v) is 17.1. The molecule has 2 amide bonds. The van der Waals surface area contributed by atoms with Crippen LogP contribution in [0.3, 0.4) is 0 Å². The quantitative estimate of drug-likeness (QED) is 0.681. The van der Waals surface area contributed by atoms with Crippen molar-refractivity contribution in [1.82, 2.24) is 29.8 Å². The van der Waals surface area contributed by atoms with Crippen LogP contribution in [0.15, 0.2) is 30.3 Å². The molecule has 5 rings (SSSR count). The Bertz CT molecular complexity index is 1130. The fourth-order valence-electron chi connectivity index (χ4n) is 3.59.